The molecule has 0 N–H and O–H groups in total. The summed E-state index contributed by atoms with van der Waals surface area (Å²) in [7, 11) is 0. The van der Waals surface area contributed by atoms with Crippen molar-refractivity contribution in [3.05, 3.63) is 116 Å². The van der Waals surface area contributed by atoms with E-state index in [0.717, 1.165) is 22.2 Å². The van der Waals surface area contributed by atoms with Crippen LogP contribution in [0.5, 0.6) is 0 Å². The summed E-state index contributed by atoms with van der Waals surface area (Å²) in [6.45, 7) is 0. The van der Waals surface area contributed by atoms with E-state index in [1.54, 1.807) is 6.07 Å². The van der Waals surface area contributed by atoms with Crippen molar-refractivity contribution in [2.45, 2.75) is 12.5 Å². The molecular formula is C27H17Cl2N3O2S. The third kappa shape index (κ3) is 4.25. The second-order valence-electron chi connectivity index (χ2n) is 8.17. The average Bonchev–Trinajstić information content (AvgIpc) is 3.52. The number of hydrogen-bond donors (Lipinski definition) is 0. The van der Waals surface area contributed by atoms with Crippen molar-refractivity contribution in [1.29, 1.82) is 0 Å². The lowest BCUT2D eigenvalue weighted by Crippen LogP contribution is -2.18. The van der Waals surface area contributed by atoms with Crippen molar-refractivity contribution in [3.63, 3.8) is 0 Å². The van der Waals surface area contributed by atoms with Crippen LogP contribution in [0.25, 0.3) is 22.2 Å². The second kappa shape index (κ2) is 8.96. The number of nitrogens with zero attached hydrogens (tertiary/aromatic N) is 3. The molecule has 35 heavy (non-hydrogen) atoms. The monoisotopic (exact) mass is 517 g/mol. The minimum atomic E-state index is -0.415. The predicted octanol–water partition coefficient (Wildman–Crippen LogP) is 7.58. The van der Waals surface area contributed by atoms with E-state index in [1.165, 1.54) is 11.3 Å². The molecule has 0 fully saturated rings. The molecule has 1 aliphatic heterocycles. The number of para-hydroxylation sites is 1. The Morgan fingerprint density at radius 2 is 1.66 bits per heavy atom. The zero-order valence-corrected chi connectivity index (χ0v) is 20.5. The standard InChI is InChI=1S/C27H17Cl2N3O2S/c28-19-9-5-16(6-10-19)22-14-24(17-7-11-20(29)12-8-17)32(31-22)27-30-23(15-35-27)21-13-18-3-1-2-4-25(18)34-26(21)33/h1-13,15,24H,14H2. The summed E-state index contributed by atoms with van der Waals surface area (Å²) in [6, 6.07) is 24.6. The lowest BCUT2D eigenvalue weighted by Gasteiger charge is -2.21. The fourth-order valence-electron chi connectivity index (χ4n) is 4.18. The Kier molecular flexibility index (Phi) is 5.65. The van der Waals surface area contributed by atoms with Crippen molar-refractivity contribution < 1.29 is 4.42 Å². The summed E-state index contributed by atoms with van der Waals surface area (Å²) in [5.41, 5.74) is 4.14. The predicted molar refractivity (Wildman–Crippen MR) is 143 cm³/mol. The van der Waals surface area contributed by atoms with Crippen molar-refractivity contribution in [1.82, 2.24) is 4.98 Å². The smallest absolute Gasteiger partial charge is 0.345 e. The van der Waals surface area contributed by atoms with Crippen LogP contribution in [0.4, 0.5) is 5.13 Å². The molecule has 0 radical (unpaired) electrons. The largest absolute Gasteiger partial charge is 0.422 e. The van der Waals surface area contributed by atoms with Crippen molar-refractivity contribution in [2.24, 2.45) is 5.10 Å². The van der Waals surface area contributed by atoms with E-state index < -0.39 is 5.63 Å². The van der Waals surface area contributed by atoms with Crippen LogP contribution in [-0.4, -0.2) is 10.7 Å². The minimum absolute atomic E-state index is 0.0649. The lowest BCUT2D eigenvalue weighted by molar-refractivity contribution is 0.563. The maximum Gasteiger partial charge on any atom is 0.345 e. The molecule has 1 atom stereocenters. The van der Waals surface area contributed by atoms with Crippen LogP contribution in [0.1, 0.15) is 23.6 Å². The van der Waals surface area contributed by atoms with E-state index >= 15 is 0 Å². The van der Waals surface area contributed by atoms with E-state index in [-0.39, 0.29) is 6.04 Å². The highest BCUT2D eigenvalue weighted by molar-refractivity contribution is 7.14. The van der Waals surface area contributed by atoms with Crippen LogP contribution in [0.15, 0.2) is 98.6 Å². The Hall–Kier alpha value is -3.45. The third-order valence-corrected chi connectivity index (χ3v) is 7.28. The topological polar surface area (TPSA) is 58.7 Å². The van der Waals surface area contributed by atoms with Gasteiger partial charge in [0, 0.05) is 27.2 Å². The minimum Gasteiger partial charge on any atom is -0.422 e. The first-order chi connectivity index (χ1) is 17.0. The van der Waals surface area contributed by atoms with Gasteiger partial charge >= 0.3 is 5.63 Å². The van der Waals surface area contributed by atoms with Crippen molar-refractivity contribution >= 4 is 56.4 Å². The van der Waals surface area contributed by atoms with E-state index in [0.29, 0.717) is 38.4 Å². The molecule has 0 amide bonds. The molecule has 0 saturated carbocycles. The van der Waals surface area contributed by atoms with Gasteiger partial charge in [0.2, 0.25) is 5.13 Å². The number of benzene rings is 3. The highest BCUT2D eigenvalue weighted by atomic mass is 35.5. The number of rotatable bonds is 4. The summed E-state index contributed by atoms with van der Waals surface area (Å²) in [5, 5.41) is 11.6. The SMILES string of the molecule is O=c1oc2ccccc2cc1-c1csc(N2N=C(c3ccc(Cl)cc3)CC2c2ccc(Cl)cc2)n1. The molecule has 3 heterocycles. The summed E-state index contributed by atoms with van der Waals surface area (Å²) in [6.07, 6.45) is 0.691. The van der Waals surface area contributed by atoms with Gasteiger partial charge in [0.25, 0.3) is 0 Å². The van der Waals surface area contributed by atoms with Gasteiger partial charge in [-0.1, -0.05) is 65.7 Å². The quantitative estimate of drug-likeness (QED) is 0.230. The highest BCUT2D eigenvalue weighted by Crippen LogP contribution is 2.39. The molecule has 172 valence electrons. The average molecular weight is 518 g/mol. The Morgan fingerprint density at radius 1 is 0.943 bits per heavy atom. The van der Waals surface area contributed by atoms with Gasteiger partial charge in [0.15, 0.2) is 0 Å². The number of hydrazone groups is 1. The molecule has 0 spiro atoms. The molecular weight excluding hydrogens is 501 g/mol. The van der Waals surface area contributed by atoms with Gasteiger partial charge in [-0.2, -0.15) is 5.10 Å². The third-order valence-electron chi connectivity index (χ3n) is 5.95. The number of fused-ring (bicyclic) bond motifs is 1. The maximum atomic E-state index is 12.7. The molecule has 5 nitrogen and oxygen atoms in total. The molecule has 8 heteroatoms. The Balaban J connectivity index is 1.41. The first kappa shape index (κ1) is 22.0. The molecule has 0 aliphatic carbocycles. The fourth-order valence-corrected chi connectivity index (χ4v) is 5.26. The van der Waals surface area contributed by atoms with Gasteiger partial charge in [-0.3, -0.25) is 0 Å². The van der Waals surface area contributed by atoms with E-state index in [2.05, 4.69) is 0 Å². The summed E-state index contributed by atoms with van der Waals surface area (Å²) in [4.78, 5) is 17.5. The molecule has 2 aromatic heterocycles. The number of hydrogen-bond acceptors (Lipinski definition) is 6. The molecule has 3 aromatic carbocycles. The van der Waals surface area contributed by atoms with Crippen LogP contribution in [0.3, 0.4) is 0 Å². The summed E-state index contributed by atoms with van der Waals surface area (Å²) >= 11 is 13.7. The van der Waals surface area contributed by atoms with Crippen molar-refractivity contribution in [2.75, 3.05) is 5.01 Å². The van der Waals surface area contributed by atoms with Crippen LogP contribution < -0.4 is 10.6 Å². The maximum absolute atomic E-state index is 12.7. The van der Waals surface area contributed by atoms with Crippen LogP contribution in [-0.2, 0) is 0 Å². The van der Waals surface area contributed by atoms with Crippen LogP contribution >= 0.6 is 34.5 Å². The van der Waals surface area contributed by atoms with Crippen molar-refractivity contribution in [3.8, 4) is 11.3 Å². The molecule has 0 bridgehead atoms. The van der Waals surface area contributed by atoms with E-state index in [4.69, 9.17) is 37.7 Å². The summed E-state index contributed by atoms with van der Waals surface area (Å²) < 4.78 is 5.51. The zero-order valence-electron chi connectivity index (χ0n) is 18.2. The van der Waals surface area contributed by atoms with Crippen LogP contribution in [0, 0.1) is 0 Å². The first-order valence-corrected chi connectivity index (χ1v) is 12.6. The van der Waals surface area contributed by atoms with Gasteiger partial charge in [-0.15, -0.1) is 11.3 Å². The van der Waals surface area contributed by atoms with E-state index in [9.17, 15) is 4.79 Å². The Labute approximate surface area is 214 Å². The molecule has 6 rings (SSSR count). The first-order valence-electron chi connectivity index (χ1n) is 10.9. The van der Waals surface area contributed by atoms with Gasteiger partial charge in [-0.25, -0.2) is 14.8 Å². The van der Waals surface area contributed by atoms with Gasteiger partial charge < -0.3 is 4.42 Å². The van der Waals surface area contributed by atoms with E-state index in [1.807, 2.05) is 83.2 Å². The zero-order chi connectivity index (χ0) is 23.9. The molecule has 1 unspecified atom stereocenters. The normalized spacial score (nSPS) is 15.5. The summed E-state index contributed by atoms with van der Waals surface area (Å²) in [5.74, 6) is 0. The Morgan fingerprint density at radius 3 is 2.43 bits per heavy atom. The van der Waals surface area contributed by atoms with Gasteiger partial charge in [-0.05, 0) is 47.5 Å². The number of anilines is 1. The molecule has 5 aromatic rings. The molecule has 1 aliphatic rings. The highest BCUT2D eigenvalue weighted by Gasteiger charge is 2.32. The second-order valence-corrected chi connectivity index (χ2v) is 9.88. The van der Waals surface area contributed by atoms with Crippen LogP contribution in [0.2, 0.25) is 10.0 Å². The lowest BCUT2D eigenvalue weighted by atomic mass is 9.99. The van der Waals surface area contributed by atoms with Gasteiger partial charge in [0.1, 0.15) is 5.58 Å². The number of thiazole rings is 1. The fraction of sp³-hybridized carbons (Fsp3) is 0.0741. The van der Waals surface area contributed by atoms with Gasteiger partial charge in [0.05, 0.1) is 23.0 Å². The molecule has 0 saturated heterocycles. The number of aromatic nitrogens is 1. The Bertz CT molecular complexity index is 1630. The number of halogens is 2.